The van der Waals surface area contributed by atoms with Crippen LogP contribution in [0.3, 0.4) is 0 Å². The van der Waals surface area contributed by atoms with E-state index in [1.54, 1.807) is 30.3 Å². The minimum atomic E-state index is -1.35. The van der Waals surface area contributed by atoms with Gasteiger partial charge in [0.25, 0.3) is 5.91 Å². The van der Waals surface area contributed by atoms with E-state index in [9.17, 15) is 20.1 Å². The number of phenolic OH excluding ortho intramolecular Hbond substituents is 2. The van der Waals surface area contributed by atoms with Crippen LogP contribution in [0.15, 0.2) is 50.4 Å². The Hall–Kier alpha value is -1.90. The molecule has 0 aliphatic rings. The zero-order chi connectivity index (χ0) is 17.0. The summed E-state index contributed by atoms with van der Waals surface area (Å²) in [7, 11) is 0. The van der Waals surface area contributed by atoms with Crippen LogP contribution in [-0.2, 0) is 4.79 Å². The number of phenols is 2. The van der Waals surface area contributed by atoms with Gasteiger partial charge in [-0.3, -0.25) is 4.79 Å². The Bertz CT molecular complexity index is 751. The van der Waals surface area contributed by atoms with Gasteiger partial charge in [0, 0.05) is 5.56 Å². The van der Waals surface area contributed by atoms with Gasteiger partial charge in [0.1, 0.15) is 16.0 Å². The second-order valence-corrected chi connectivity index (χ2v) is 6.15. The third kappa shape index (κ3) is 4.10. The molecule has 0 spiro atoms. The summed E-state index contributed by atoms with van der Waals surface area (Å²) >= 11 is 6.16. The number of halogens is 2. The van der Waals surface area contributed by atoms with Crippen LogP contribution < -0.4 is 5.43 Å². The highest BCUT2D eigenvalue weighted by atomic mass is 79.9. The van der Waals surface area contributed by atoms with Crippen LogP contribution >= 0.6 is 31.9 Å². The largest absolute Gasteiger partial charge is 0.506 e. The smallest absolute Gasteiger partial charge is 0.273 e. The fraction of sp³-hybridized carbons (Fsp3) is 0.0667. The molecule has 0 saturated heterocycles. The summed E-state index contributed by atoms with van der Waals surface area (Å²) in [5, 5.41) is 33.1. The maximum Gasteiger partial charge on any atom is 0.273 e. The molecule has 0 saturated carbocycles. The van der Waals surface area contributed by atoms with Crippen molar-refractivity contribution < 1.29 is 20.1 Å². The van der Waals surface area contributed by atoms with E-state index in [1.807, 2.05) is 0 Å². The van der Waals surface area contributed by atoms with Crippen LogP contribution in [0.4, 0.5) is 0 Å². The van der Waals surface area contributed by atoms with Crippen LogP contribution in [0.1, 0.15) is 17.2 Å². The molecular weight excluding hydrogens is 432 g/mol. The molecule has 23 heavy (non-hydrogen) atoms. The third-order valence-electron chi connectivity index (χ3n) is 2.94. The van der Waals surface area contributed by atoms with Crippen molar-refractivity contribution in [2.45, 2.75) is 6.10 Å². The molecule has 1 amide bonds. The van der Waals surface area contributed by atoms with E-state index in [-0.39, 0.29) is 21.5 Å². The van der Waals surface area contributed by atoms with E-state index in [0.29, 0.717) is 10.0 Å². The lowest BCUT2D eigenvalue weighted by Crippen LogP contribution is -2.25. The Labute approximate surface area is 148 Å². The Morgan fingerprint density at radius 1 is 1.17 bits per heavy atom. The molecule has 0 aromatic heterocycles. The molecule has 120 valence electrons. The molecule has 0 unspecified atom stereocenters. The van der Waals surface area contributed by atoms with E-state index < -0.39 is 12.0 Å². The summed E-state index contributed by atoms with van der Waals surface area (Å²) in [5.41, 5.74) is 2.89. The minimum Gasteiger partial charge on any atom is -0.506 e. The Morgan fingerprint density at radius 3 is 2.48 bits per heavy atom. The molecule has 8 heteroatoms. The van der Waals surface area contributed by atoms with Gasteiger partial charge >= 0.3 is 0 Å². The second kappa shape index (κ2) is 7.58. The van der Waals surface area contributed by atoms with Gasteiger partial charge in [0.2, 0.25) is 0 Å². The summed E-state index contributed by atoms with van der Waals surface area (Å²) in [4.78, 5) is 11.8. The van der Waals surface area contributed by atoms with Gasteiger partial charge < -0.3 is 15.3 Å². The fourth-order valence-electron chi connectivity index (χ4n) is 1.73. The van der Waals surface area contributed by atoms with Gasteiger partial charge in [-0.25, -0.2) is 5.43 Å². The SMILES string of the molecule is O=C(NN=Cc1cc(Br)c(O)c(Br)c1O)[C@@H](O)c1ccccc1. The van der Waals surface area contributed by atoms with Crippen molar-refractivity contribution in [1.82, 2.24) is 5.43 Å². The number of rotatable bonds is 4. The van der Waals surface area contributed by atoms with Crippen molar-refractivity contribution in [3.05, 3.63) is 56.5 Å². The quantitative estimate of drug-likeness (QED) is 0.431. The normalized spacial score (nSPS) is 12.3. The standard InChI is InChI=1S/C15H12Br2N2O4/c16-10-6-9(12(20)11(17)14(10)22)7-18-19-15(23)13(21)8-4-2-1-3-5-8/h1-7,13,20-22H,(H,19,23)/t13-/m0/s1. The van der Waals surface area contributed by atoms with Gasteiger partial charge in [-0.15, -0.1) is 0 Å². The molecule has 0 aliphatic carbocycles. The van der Waals surface area contributed by atoms with E-state index in [4.69, 9.17) is 0 Å². The van der Waals surface area contributed by atoms with Crippen molar-refractivity contribution in [1.29, 1.82) is 0 Å². The summed E-state index contributed by atoms with van der Waals surface area (Å²) < 4.78 is 0.447. The predicted octanol–water partition coefficient (Wildman–Crippen LogP) is 2.81. The van der Waals surface area contributed by atoms with Crippen molar-refractivity contribution in [2.24, 2.45) is 5.10 Å². The Balaban J connectivity index is 2.09. The van der Waals surface area contributed by atoms with Gasteiger partial charge in [-0.05, 0) is 43.5 Å². The molecule has 0 bridgehead atoms. The molecule has 2 aromatic rings. The molecule has 1 atom stereocenters. The zero-order valence-corrected chi connectivity index (χ0v) is 14.7. The van der Waals surface area contributed by atoms with Gasteiger partial charge in [0.15, 0.2) is 6.10 Å². The number of carbonyl (C=O) groups excluding carboxylic acids is 1. The number of amides is 1. The number of hydrazone groups is 1. The molecule has 6 nitrogen and oxygen atoms in total. The van der Waals surface area contributed by atoms with Crippen molar-refractivity contribution in [2.75, 3.05) is 0 Å². The first-order valence-corrected chi connectivity index (χ1v) is 7.96. The first-order chi connectivity index (χ1) is 10.9. The van der Waals surface area contributed by atoms with Crippen molar-refractivity contribution >= 4 is 44.0 Å². The van der Waals surface area contributed by atoms with Crippen LogP contribution in [0.5, 0.6) is 11.5 Å². The number of aliphatic hydroxyl groups is 1. The maximum atomic E-state index is 11.8. The van der Waals surface area contributed by atoms with Crippen LogP contribution in [0.2, 0.25) is 0 Å². The van der Waals surface area contributed by atoms with Gasteiger partial charge in [0.05, 0.1) is 10.7 Å². The highest BCUT2D eigenvalue weighted by molar-refractivity contribution is 9.11. The van der Waals surface area contributed by atoms with Gasteiger partial charge in [-0.1, -0.05) is 30.3 Å². The van der Waals surface area contributed by atoms with E-state index in [2.05, 4.69) is 42.4 Å². The highest BCUT2D eigenvalue weighted by Gasteiger charge is 2.16. The number of aromatic hydroxyl groups is 2. The molecule has 0 fully saturated rings. The molecule has 0 radical (unpaired) electrons. The number of nitrogens with zero attached hydrogens (tertiary/aromatic N) is 1. The number of benzene rings is 2. The predicted molar refractivity (Wildman–Crippen MR) is 92.3 cm³/mol. The van der Waals surface area contributed by atoms with Crippen LogP contribution in [0, 0.1) is 0 Å². The average molecular weight is 444 g/mol. The average Bonchev–Trinajstić information content (AvgIpc) is 2.57. The topological polar surface area (TPSA) is 102 Å². The summed E-state index contributed by atoms with van der Waals surface area (Å²) in [6.45, 7) is 0. The lowest BCUT2D eigenvalue weighted by molar-refractivity contribution is -0.129. The number of carbonyl (C=O) groups is 1. The third-order valence-corrected chi connectivity index (χ3v) is 4.30. The maximum absolute atomic E-state index is 11.8. The van der Waals surface area contributed by atoms with E-state index >= 15 is 0 Å². The second-order valence-electron chi connectivity index (χ2n) is 4.51. The molecule has 2 aromatic carbocycles. The monoisotopic (exact) mass is 442 g/mol. The summed E-state index contributed by atoms with van der Waals surface area (Å²) in [5.74, 6) is -1.08. The fourth-order valence-corrected chi connectivity index (χ4v) is 2.88. The number of nitrogens with one attached hydrogen (secondary N) is 1. The molecule has 4 N–H and O–H groups in total. The van der Waals surface area contributed by atoms with Crippen LogP contribution in [0.25, 0.3) is 0 Å². The number of hydrogen-bond acceptors (Lipinski definition) is 5. The molecule has 0 aliphatic heterocycles. The number of hydrogen-bond donors (Lipinski definition) is 4. The Kier molecular flexibility index (Phi) is 5.75. The van der Waals surface area contributed by atoms with Crippen molar-refractivity contribution in [3.8, 4) is 11.5 Å². The summed E-state index contributed by atoms with van der Waals surface area (Å²) in [6, 6.07) is 9.85. The van der Waals surface area contributed by atoms with Crippen LogP contribution in [-0.4, -0.2) is 27.4 Å². The van der Waals surface area contributed by atoms with Gasteiger partial charge in [-0.2, -0.15) is 5.10 Å². The zero-order valence-electron chi connectivity index (χ0n) is 11.6. The lowest BCUT2D eigenvalue weighted by atomic mass is 10.1. The molecular formula is C15H12Br2N2O4. The molecule has 0 heterocycles. The van der Waals surface area contributed by atoms with Crippen molar-refractivity contribution in [3.63, 3.8) is 0 Å². The number of aliphatic hydroxyl groups excluding tert-OH is 1. The minimum absolute atomic E-state index is 0.101. The first-order valence-electron chi connectivity index (χ1n) is 6.37. The molecule has 2 rings (SSSR count). The Morgan fingerprint density at radius 2 is 1.83 bits per heavy atom. The first kappa shape index (κ1) is 17.5. The highest BCUT2D eigenvalue weighted by Crippen LogP contribution is 2.40. The van der Waals surface area contributed by atoms with E-state index in [1.165, 1.54) is 12.3 Å². The lowest BCUT2D eigenvalue weighted by Gasteiger charge is -2.09. The summed E-state index contributed by atoms with van der Waals surface area (Å²) in [6.07, 6.45) is -0.153. The van der Waals surface area contributed by atoms with E-state index in [0.717, 1.165) is 0 Å².